The Morgan fingerprint density at radius 2 is 1.76 bits per heavy atom. The third-order valence-electron chi connectivity index (χ3n) is 7.32. The topological polar surface area (TPSA) is 0 Å². The molecule has 0 amide bonds. The van der Waals surface area contributed by atoms with Gasteiger partial charge in [-0.05, 0) is 41.6 Å². The van der Waals surface area contributed by atoms with E-state index in [1.165, 1.54) is 12.2 Å². The Morgan fingerprint density at radius 3 is 2.12 bits per heavy atom. The molecule has 1 spiro atoms. The van der Waals surface area contributed by atoms with Crippen LogP contribution >= 0.6 is 8.75 Å². The minimum Gasteiger partial charge on any atom is -0.241 e. The molecule has 2 heterocycles. The van der Waals surface area contributed by atoms with Crippen molar-refractivity contribution >= 4 is 14.6 Å². The predicted molar refractivity (Wildman–Crippen MR) is 82.4 cm³/mol. The summed E-state index contributed by atoms with van der Waals surface area (Å²) in [5.41, 5.74) is 0.343. The van der Waals surface area contributed by atoms with Crippen LogP contribution in [0.2, 0.25) is 0 Å². The van der Waals surface area contributed by atoms with Gasteiger partial charge in [0.05, 0.1) is 0 Å². The van der Waals surface area contributed by atoms with Crippen LogP contribution in [0, 0.1) is 23.2 Å². The summed E-state index contributed by atoms with van der Waals surface area (Å²) in [4.78, 5) is 0. The molecule has 3 aliphatic rings. The number of hydrogen-bond donors (Lipinski definition) is 0. The summed E-state index contributed by atoms with van der Waals surface area (Å²) in [5.74, 6) is 8.67. The molecule has 1 heteroatoms. The lowest BCUT2D eigenvalue weighted by Crippen LogP contribution is -2.51. The van der Waals surface area contributed by atoms with Gasteiger partial charge in [0.1, 0.15) is 0 Å². The normalized spacial score (nSPS) is 64.2. The van der Waals surface area contributed by atoms with Gasteiger partial charge in [-0.25, -0.2) is 8.75 Å². The predicted octanol–water partition coefficient (Wildman–Crippen LogP) is 4.03. The van der Waals surface area contributed by atoms with Crippen molar-refractivity contribution < 1.29 is 0 Å². The molecule has 0 aromatic heterocycles. The molecule has 17 heavy (non-hydrogen) atoms. The van der Waals surface area contributed by atoms with E-state index in [1.807, 2.05) is 0 Å². The summed E-state index contributed by atoms with van der Waals surface area (Å²) in [5, 5.41) is 1.02. The van der Waals surface area contributed by atoms with E-state index < -0.39 is 8.75 Å². The first-order valence-corrected chi connectivity index (χ1v) is 9.86. The molecule has 98 valence electrons. The molecule has 1 aliphatic carbocycles. The fraction of sp³-hybridized carbons (Fsp3) is 0.812. The second-order valence-electron chi connectivity index (χ2n) is 7.86. The summed E-state index contributed by atoms with van der Waals surface area (Å²) in [6.07, 6.45) is 6.11. The summed E-state index contributed by atoms with van der Waals surface area (Å²) in [6, 6.07) is 0. The second-order valence-corrected chi connectivity index (χ2v) is 13.4. The van der Waals surface area contributed by atoms with Crippen LogP contribution in [0.25, 0.3) is 0 Å². The molecule has 0 radical (unpaired) electrons. The maximum atomic E-state index is 4.76. The zero-order chi connectivity index (χ0) is 12.9. The first kappa shape index (κ1) is 12.0. The first-order chi connectivity index (χ1) is 7.64. The van der Waals surface area contributed by atoms with Crippen molar-refractivity contribution in [3.05, 3.63) is 12.7 Å². The van der Waals surface area contributed by atoms with E-state index in [1.54, 1.807) is 0 Å². The van der Waals surface area contributed by atoms with Crippen molar-refractivity contribution in [3.63, 3.8) is 0 Å². The van der Waals surface area contributed by atoms with Crippen LogP contribution in [0.15, 0.2) is 12.7 Å². The highest BCUT2D eigenvalue weighted by molar-refractivity contribution is 8.59. The highest BCUT2D eigenvalue weighted by atomic mass is 32.3. The summed E-state index contributed by atoms with van der Waals surface area (Å²) in [7, 11) is -1.19. The van der Waals surface area contributed by atoms with E-state index in [-0.39, 0.29) is 0 Å². The lowest BCUT2D eigenvalue weighted by molar-refractivity contribution is 0.0615. The largest absolute Gasteiger partial charge is 0.241 e. The second kappa shape index (κ2) is 2.61. The van der Waals surface area contributed by atoms with E-state index in [9.17, 15) is 0 Å². The van der Waals surface area contributed by atoms with Crippen molar-refractivity contribution in [1.29, 1.82) is 0 Å². The molecule has 0 aromatic rings. The zero-order valence-corrected chi connectivity index (χ0v) is 12.9. The molecule has 3 rings (SSSR count). The van der Waals surface area contributed by atoms with Crippen LogP contribution in [0.5, 0.6) is 0 Å². The number of hydrogen-bond acceptors (Lipinski definition) is 0. The van der Waals surface area contributed by atoms with E-state index in [0.717, 1.165) is 23.0 Å². The summed E-state index contributed by atoms with van der Waals surface area (Å²) in [6.45, 7) is 14.0. The fourth-order valence-electron chi connectivity index (χ4n) is 5.87. The van der Waals surface area contributed by atoms with Crippen LogP contribution in [0.3, 0.4) is 0 Å². The number of allylic oxidation sites excluding steroid dienone is 1. The third kappa shape index (κ3) is 0.926. The van der Waals surface area contributed by atoms with Crippen LogP contribution in [-0.4, -0.2) is 27.9 Å². The highest BCUT2D eigenvalue weighted by Gasteiger charge is 2.89. The average Bonchev–Trinajstić information content (AvgIpc) is 2.96. The fourth-order valence-corrected chi connectivity index (χ4v) is 13.3. The van der Waals surface area contributed by atoms with Crippen molar-refractivity contribution in [2.75, 3.05) is 12.0 Å². The van der Waals surface area contributed by atoms with Crippen LogP contribution in [0.4, 0.5) is 0 Å². The standard InChI is InChI=1S/C16H28S/c1-8-15(5)9-11(2)16(13(4)12(15)3)14-10-17(14,16,6)7/h8,11-14H,1,6,9-10H2,2-5,7H3. The highest BCUT2D eigenvalue weighted by Crippen LogP contribution is 3.05. The molecule has 6 unspecified atom stereocenters. The van der Waals surface area contributed by atoms with Gasteiger partial charge < -0.3 is 0 Å². The maximum Gasteiger partial charge on any atom is 0.0134 e. The lowest BCUT2D eigenvalue weighted by atomic mass is 9.56. The van der Waals surface area contributed by atoms with Gasteiger partial charge in [-0.3, -0.25) is 0 Å². The third-order valence-corrected chi connectivity index (χ3v) is 13.3. The Morgan fingerprint density at radius 1 is 1.24 bits per heavy atom. The minimum atomic E-state index is -1.19. The molecule has 6 atom stereocenters. The van der Waals surface area contributed by atoms with Crippen molar-refractivity contribution in [1.82, 2.24) is 0 Å². The molecular formula is C16H28S. The van der Waals surface area contributed by atoms with Crippen molar-refractivity contribution in [2.24, 2.45) is 23.2 Å². The maximum absolute atomic E-state index is 4.76. The van der Waals surface area contributed by atoms with Crippen LogP contribution in [0.1, 0.15) is 34.1 Å². The van der Waals surface area contributed by atoms with Gasteiger partial charge in [0.15, 0.2) is 0 Å². The SMILES string of the molecule is C=CC1(C)CC(C)C2(C(C)C1C)C1CS12(=C)C. The summed E-state index contributed by atoms with van der Waals surface area (Å²) >= 11 is 0. The molecule has 0 N–H and O–H groups in total. The molecule has 2 saturated heterocycles. The molecule has 1 saturated carbocycles. The Kier molecular flexibility index (Phi) is 1.85. The average molecular weight is 252 g/mol. The molecule has 0 nitrogen and oxygen atoms in total. The molecule has 2 aliphatic heterocycles. The Hall–Kier alpha value is -0.0400. The van der Waals surface area contributed by atoms with Crippen molar-refractivity contribution in [2.45, 2.75) is 44.1 Å². The van der Waals surface area contributed by atoms with Gasteiger partial charge in [0.25, 0.3) is 0 Å². The Balaban J connectivity index is 2.03. The van der Waals surface area contributed by atoms with Gasteiger partial charge >= 0.3 is 0 Å². The number of fused-ring (bicyclic) bond motifs is 3. The van der Waals surface area contributed by atoms with Crippen LogP contribution < -0.4 is 0 Å². The summed E-state index contributed by atoms with van der Waals surface area (Å²) < 4.78 is 0.652. The van der Waals surface area contributed by atoms with Gasteiger partial charge in [0, 0.05) is 10.00 Å². The quantitative estimate of drug-likeness (QED) is 0.375. The van der Waals surface area contributed by atoms with E-state index in [2.05, 4.69) is 46.6 Å². The van der Waals surface area contributed by atoms with Gasteiger partial charge in [0.2, 0.25) is 0 Å². The van der Waals surface area contributed by atoms with Crippen LogP contribution in [-0.2, 0) is 0 Å². The zero-order valence-electron chi connectivity index (χ0n) is 12.1. The Bertz CT molecular complexity index is 476. The molecule has 3 fully saturated rings. The Labute approximate surface area is 107 Å². The van der Waals surface area contributed by atoms with E-state index in [0.29, 0.717) is 10.2 Å². The van der Waals surface area contributed by atoms with Gasteiger partial charge in [-0.15, -0.1) is 6.58 Å². The molecule has 0 aromatic carbocycles. The van der Waals surface area contributed by atoms with Gasteiger partial charge in [-0.2, -0.15) is 0 Å². The lowest BCUT2D eigenvalue weighted by Gasteiger charge is -2.55. The van der Waals surface area contributed by atoms with Crippen molar-refractivity contribution in [3.8, 4) is 0 Å². The monoisotopic (exact) mass is 252 g/mol. The van der Waals surface area contributed by atoms with E-state index >= 15 is 0 Å². The van der Waals surface area contributed by atoms with Gasteiger partial charge in [-0.1, -0.05) is 39.6 Å². The smallest absolute Gasteiger partial charge is 0.0134 e. The molecular weight excluding hydrogens is 224 g/mol. The van der Waals surface area contributed by atoms with E-state index in [4.69, 9.17) is 5.87 Å². The minimum absolute atomic E-state index is 0.343. The first-order valence-electron chi connectivity index (χ1n) is 7.01. The number of rotatable bonds is 1. The molecule has 0 bridgehead atoms.